The largest absolute Gasteiger partial charge is 0.395 e. The molecule has 0 aromatic heterocycles. The van der Waals surface area contributed by atoms with Gasteiger partial charge in [0.2, 0.25) is 0 Å². The maximum absolute atomic E-state index is 8.46. The van der Waals surface area contributed by atoms with Crippen molar-refractivity contribution in [2.24, 2.45) is 0 Å². The van der Waals surface area contributed by atoms with Gasteiger partial charge in [-0.15, -0.1) is 10.6 Å². The van der Waals surface area contributed by atoms with Crippen LogP contribution in [-0.4, -0.2) is 35.0 Å². The van der Waals surface area contributed by atoms with Crippen molar-refractivity contribution in [1.29, 1.82) is 0 Å². The minimum Gasteiger partial charge on any atom is -0.395 e. The molecule has 0 aromatic rings. The number of hydrogen-bond donors (Lipinski definition) is 3. The van der Waals surface area contributed by atoms with Gasteiger partial charge in [-0.05, 0) is 6.92 Å². The number of aliphatic hydroxyl groups excluding tert-OH is 1. The van der Waals surface area contributed by atoms with Crippen molar-refractivity contribution in [3.63, 3.8) is 0 Å². The van der Waals surface area contributed by atoms with Crippen molar-refractivity contribution in [2.75, 3.05) is 13.7 Å². The Balaban J connectivity index is 3.29. The molecule has 0 radical (unpaired) electrons. The molecule has 0 spiro atoms. The Morgan fingerprint density at radius 2 is 2.25 bits per heavy atom. The summed E-state index contributed by atoms with van der Waals surface area (Å²) >= 11 is 0. The number of nitrogens with zero attached hydrogens (tertiary/aromatic N) is 1. The molecule has 0 aliphatic rings. The van der Waals surface area contributed by atoms with E-state index in [9.17, 15) is 0 Å². The normalized spacial score (nSPS) is 14.6. The molecule has 4 nitrogen and oxygen atoms in total. The van der Waals surface area contributed by atoms with Gasteiger partial charge in [0.1, 0.15) is 0 Å². The summed E-state index contributed by atoms with van der Waals surface area (Å²) in [5.41, 5.74) is 0.945. The molecule has 4 heteroatoms. The van der Waals surface area contributed by atoms with E-state index in [-0.39, 0.29) is 12.6 Å². The first-order valence-electron chi connectivity index (χ1n) is 2.52. The van der Waals surface area contributed by atoms with Gasteiger partial charge in [-0.25, -0.2) is 0 Å². The second-order valence-corrected chi connectivity index (χ2v) is 1.81. The Morgan fingerprint density at radius 1 is 1.75 bits per heavy atom. The van der Waals surface area contributed by atoms with Crippen molar-refractivity contribution in [1.82, 2.24) is 5.01 Å². The third kappa shape index (κ3) is 2.23. The highest BCUT2D eigenvalue weighted by Gasteiger charge is 2.07. The molecule has 0 saturated carbocycles. The molecule has 0 bridgehead atoms. The van der Waals surface area contributed by atoms with Gasteiger partial charge < -0.3 is 5.11 Å². The van der Waals surface area contributed by atoms with Crippen LogP contribution in [0.4, 0.5) is 0 Å². The summed E-state index contributed by atoms with van der Waals surface area (Å²) in [6, 6.07) is -0.000000000000000222. The number of rotatable bonds is 3. The van der Waals surface area contributed by atoms with E-state index >= 15 is 0 Å². The van der Waals surface area contributed by atoms with Crippen LogP contribution in [0.25, 0.3) is 0 Å². The monoisotopic (exact) mass is 121 g/mol. The summed E-state index contributed by atoms with van der Waals surface area (Å²) in [5.74, 6) is 0. The lowest BCUT2D eigenvalue weighted by Gasteiger charge is -2.14. The van der Waals surface area contributed by atoms with Crippen LogP contribution in [0.2, 0.25) is 0 Å². The zero-order valence-electron chi connectivity index (χ0n) is 5.20. The summed E-state index contributed by atoms with van der Waals surface area (Å²) in [5, 5.41) is 18.3. The Hall–Kier alpha value is -0.160. The van der Waals surface area contributed by atoms with E-state index in [1.54, 1.807) is 7.05 Å². The quantitative estimate of drug-likeness (QED) is 0.304. The lowest BCUT2D eigenvalue weighted by atomic mass is 10.4. The SMILES string of the molecule is CC(CO)N(C)[NH2+]O. The van der Waals surface area contributed by atoms with E-state index in [1.165, 1.54) is 5.01 Å². The number of nitrogens with two attached hydrogens (primary N) is 1. The fourth-order valence-electron chi connectivity index (χ4n) is 0.243. The van der Waals surface area contributed by atoms with Crippen LogP contribution in [0.15, 0.2) is 0 Å². The van der Waals surface area contributed by atoms with Gasteiger partial charge in [-0.3, -0.25) is 0 Å². The van der Waals surface area contributed by atoms with Crippen LogP contribution in [0.1, 0.15) is 6.92 Å². The zero-order chi connectivity index (χ0) is 6.57. The van der Waals surface area contributed by atoms with Gasteiger partial charge in [-0.1, -0.05) is 0 Å². The first-order chi connectivity index (χ1) is 3.72. The number of aliphatic hydroxyl groups is 1. The van der Waals surface area contributed by atoms with E-state index < -0.39 is 0 Å². The Kier molecular flexibility index (Phi) is 3.72. The van der Waals surface area contributed by atoms with Gasteiger partial charge in [-0.2, -0.15) is 5.21 Å². The van der Waals surface area contributed by atoms with E-state index in [0.717, 1.165) is 5.59 Å². The van der Waals surface area contributed by atoms with Crippen LogP contribution >= 0.6 is 0 Å². The van der Waals surface area contributed by atoms with Crippen molar-refractivity contribution in [3.8, 4) is 0 Å². The van der Waals surface area contributed by atoms with Crippen molar-refractivity contribution < 1.29 is 15.9 Å². The highest BCUT2D eigenvalue weighted by atomic mass is 16.5. The smallest absolute Gasteiger partial charge is 0.0816 e. The van der Waals surface area contributed by atoms with Gasteiger partial charge in [0, 0.05) is 7.05 Å². The Morgan fingerprint density at radius 3 is 2.38 bits per heavy atom. The molecule has 0 heterocycles. The first kappa shape index (κ1) is 7.84. The van der Waals surface area contributed by atoms with Gasteiger partial charge in [0.15, 0.2) is 0 Å². The van der Waals surface area contributed by atoms with Gasteiger partial charge >= 0.3 is 0 Å². The van der Waals surface area contributed by atoms with Crippen LogP contribution < -0.4 is 5.59 Å². The standard InChI is InChI=1S/C4H12N2O2/c1-4(3-7)6(2)5-8/h4-5,7-8H,3H2,1-2H3/p+1. The second-order valence-electron chi connectivity index (χ2n) is 1.81. The van der Waals surface area contributed by atoms with Crippen molar-refractivity contribution in [2.45, 2.75) is 13.0 Å². The Bertz CT molecular complexity index is 52.0. The van der Waals surface area contributed by atoms with Crippen molar-refractivity contribution in [3.05, 3.63) is 0 Å². The highest BCUT2D eigenvalue weighted by molar-refractivity contribution is 4.48. The molecule has 1 unspecified atom stereocenters. The minimum atomic E-state index is -0.000000000000000222. The number of quaternary nitrogens is 1. The molecular formula is C4H13N2O2+. The van der Waals surface area contributed by atoms with Crippen LogP contribution in [-0.2, 0) is 0 Å². The lowest BCUT2D eigenvalue weighted by molar-refractivity contribution is -0.994. The molecule has 0 rings (SSSR count). The number of hydrogen-bond acceptors (Lipinski definition) is 3. The van der Waals surface area contributed by atoms with E-state index in [0.29, 0.717) is 0 Å². The van der Waals surface area contributed by atoms with E-state index in [2.05, 4.69) is 0 Å². The van der Waals surface area contributed by atoms with Crippen LogP contribution in [0.5, 0.6) is 0 Å². The predicted molar refractivity (Wildman–Crippen MR) is 28.0 cm³/mol. The second kappa shape index (κ2) is 3.80. The van der Waals surface area contributed by atoms with Gasteiger partial charge in [0.25, 0.3) is 0 Å². The van der Waals surface area contributed by atoms with E-state index in [4.69, 9.17) is 10.3 Å². The third-order valence-electron chi connectivity index (χ3n) is 1.14. The predicted octanol–water partition coefficient (Wildman–Crippen LogP) is -1.83. The molecule has 8 heavy (non-hydrogen) atoms. The summed E-state index contributed by atoms with van der Waals surface area (Å²) < 4.78 is 0. The number of likely N-dealkylation sites (N-methyl/N-ethyl adjacent to an activating group) is 1. The molecule has 0 aliphatic heterocycles. The highest BCUT2D eigenvalue weighted by Crippen LogP contribution is 1.81. The first-order valence-corrected chi connectivity index (χ1v) is 2.52. The fraction of sp³-hybridized carbons (Fsp3) is 1.00. The molecule has 1 atom stereocenters. The molecule has 0 fully saturated rings. The van der Waals surface area contributed by atoms with Crippen LogP contribution in [0.3, 0.4) is 0 Å². The van der Waals surface area contributed by atoms with Crippen molar-refractivity contribution >= 4 is 0 Å². The topological polar surface area (TPSA) is 60.3 Å². The molecular weight excluding hydrogens is 108 g/mol. The molecule has 4 N–H and O–H groups in total. The van der Waals surface area contributed by atoms with E-state index in [1.807, 2.05) is 6.92 Å². The molecule has 0 amide bonds. The molecule has 0 aromatic carbocycles. The maximum Gasteiger partial charge on any atom is 0.0816 e. The fourth-order valence-corrected chi connectivity index (χ4v) is 0.243. The zero-order valence-corrected chi connectivity index (χ0v) is 5.20. The maximum atomic E-state index is 8.46. The summed E-state index contributed by atoms with van der Waals surface area (Å²) in [6.07, 6.45) is 0. The molecule has 50 valence electrons. The summed E-state index contributed by atoms with van der Waals surface area (Å²) in [6.45, 7) is 1.88. The summed E-state index contributed by atoms with van der Waals surface area (Å²) in [7, 11) is 1.70. The van der Waals surface area contributed by atoms with Crippen LogP contribution in [0, 0.1) is 0 Å². The lowest BCUT2D eigenvalue weighted by Crippen LogP contribution is -2.91. The van der Waals surface area contributed by atoms with Gasteiger partial charge in [0.05, 0.1) is 12.6 Å². The average Bonchev–Trinajstić information content (AvgIpc) is 1.84. The summed E-state index contributed by atoms with van der Waals surface area (Å²) in [4.78, 5) is 0. The Labute approximate surface area is 48.7 Å². The molecule has 0 aliphatic carbocycles. The average molecular weight is 121 g/mol. The minimum absolute atomic E-state index is 0.000000000000000222. The third-order valence-corrected chi connectivity index (χ3v) is 1.14. The molecule has 0 saturated heterocycles.